The van der Waals surface area contributed by atoms with Crippen LogP contribution in [0.25, 0.3) is 11.3 Å². The highest BCUT2D eigenvalue weighted by Gasteiger charge is 2.46. The molecule has 2 N–H and O–H groups in total. The van der Waals surface area contributed by atoms with Gasteiger partial charge in [0.1, 0.15) is 0 Å². The first-order chi connectivity index (χ1) is 15.9. The molecule has 33 heavy (non-hydrogen) atoms. The predicted octanol–water partition coefficient (Wildman–Crippen LogP) is 5.08. The lowest BCUT2D eigenvalue weighted by atomic mass is 9.73. The number of hydrogen-bond acceptors (Lipinski definition) is 6. The van der Waals surface area contributed by atoms with Crippen LogP contribution in [0, 0.1) is 5.41 Å². The number of carbonyl (C=O) groups is 1. The lowest BCUT2D eigenvalue weighted by molar-refractivity contribution is 0.0594. The first-order valence-electron chi connectivity index (χ1n) is 10.9. The Morgan fingerprint density at radius 2 is 1.91 bits per heavy atom. The van der Waals surface area contributed by atoms with Crippen molar-refractivity contribution in [3.05, 3.63) is 75.5 Å². The number of rotatable bonds is 3. The molecule has 0 unspecified atom stereocenters. The molecule has 2 aromatic carbocycles. The van der Waals surface area contributed by atoms with Gasteiger partial charge in [0.05, 0.1) is 29.0 Å². The molecule has 6 nitrogen and oxygen atoms in total. The van der Waals surface area contributed by atoms with E-state index in [9.17, 15) is 4.79 Å². The van der Waals surface area contributed by atoms with Crippen LogP contribution >= 0.6 is 23.2 Å². The second-order valence-electron chi connectivity index (χ2n) is 8.72. The van der Waals surface area contributed by atoms with Crippen LogP contribution in [0.15, 0.2) is 48.7 Å². The van der Waals surface area contributed by atoms with Gasteiger partial charge in [-0.15, -0.1) is 0 Å². The van der Waals surface area contributed by atoms with Gasteiger partial charge in [-0.25, -0.2) is 14.8 Å². The smallest absolute Gasteiger partial charge is 0.360 e. The van der Waals surface area contributed by atoms with Crippen LogP contribution < -0.4 is 10.6 Å². The highest BCUT2D eigenvalue weighted by molar-refractivity contribution is 6.43. The van der Waals surface area contributed by atoms with Crippen LogP contribution in [0.4, 0.5) is 5.82 Å². The fraction of sp³-hybridized carbons (Fsp3) is 0.320. The Morgan fingerprint density at radius 1 is 1.15 bits per heavy atom. The van der Waals surface area contributed by atoms with Gasteiger partial charge in [0.2, 0.25) is 0 Å². The molecule has 2 heterocycles. The van der Waals surface area contributed by atoms with Crippen LogP contribution in [0.2, 0.25) is 10.0 Å². The number of ether oxygens (including phenoxy) is 1. The number of anilines is 1. The minimum atomic E-state index is -0.539. The number of carbonyl (C=O) groups excluding carboxylic acids is 1. The molecule has 0 saturated carbocycles. The van der Waals surface area contributed by atoms with E-state index in [4.69, 9.17) is 33.7 Å². The van der Waals surface area contributed by atoms with Crippen LogP contribution in [0.1, 0.15) is 40.5 Å². The van der Waals surface area contributed by atoms with Gasteiger partial charge < -0.3 is 15.4 Å². The maximum Gasteiger partial charge on any atom is 0.360 e. The van der Waals surface area contributed by atoms with E-state index < -0.39 is 5.97 Å². The van der Waals surface area contributed by atoms with Crippen molar-refractivity contribution in [2.45, 2.75) is 25.3 Å². The molecule has 0 bridgehead atoms. The number of halogens is 2. The predicted molar refractivity (Wildman–Crippen MR) is 130 cm³/mol. The van der Waals surface area contributed by atoms with Crippen molar-refractivity contribution < 1.29 is 9.53 Å². The molecular formula is C25H24Cl2N4O2. The molecule has 5 rings (SSSR count). The Labute approximate surface area is 202 Å². The first kappa shape index (κ1) is 22.1. The molecule has 170 valence electrons. The molecule has 1 fully saturated rings. The van der Waals surface area contributed by atoms with Crippen LogP contribution in [-0.2, 0) is 11.2 Å². The molecule has 1 aliphatic carbocycles. The molecule has 1 saturated heterocycles. The summed E-state index contributed by atoms with van der Waals surface area (Å²) in [5.41, 5.74) is 10.6. The van der Waals surface area contributed by atoms with E-state index in [1.165, 1.54) is 18.2 Å². The molecule has 3 aromatic rings. The summed E-state index contributed by atoms with van der Waals surface area (Å²) in [6.45, 7) is 1.47. The summed E-state index contributed by atoms with van der Waals surface area (Å²) in [4.78, 5) is 23.9. The second-order valence-corrected chi connectivity index (χ2v) is 9.51. The minimum Gasteiger partial charge on any atom is -0.464 e. The van der Waals surface area contributed by atoms with Gasteiger partial charge in [-0.05, 0) is 41.9 Å². The zero-order valence-corrected chi connectivity index (χ0v) is 19.7. The van der Waals surface area contributed by atoms with Crippen molar-refractivity contribution in [2.75, 3.05) is 25.1 Å². The van der Waals surface area contributed by atoms with E-state index in [-0.39, 0.29) is 17.2 Å². The summed E-state index contributed by atoms with van der Waals surface area (Å²) in [5, 5.41) is 0.779. The van der Waals surface area contributed by atoms with E-state index >= 15 is 0 Å². The van der Waals surface area contributed by atoms with Crippen molar-refractivity contribution in [3.8, 4) is 11.3 Å². The topological polar surface area (TPSA) is 81.3 Å². The third-order valence-electron chi connectivity index (χ3n) is 7.01. The monoisotopic (exact) mass is 482 g/mol. The molecule has 0 radical (unpaired) electrons. The van der Waals surface area contributed by atoms with Gasteiger partial charge in [-0.1, -0.05) is 59.6 Å². The Balaban J connectivity index is 1.43. The lowest BCUT2D eigenvalue weighted by Gasteiger charge is -2.42. The summed E-state index contributed by atoms with van der Waals surface area (Å²) in [5.74, 6) is -0.0227. The highest BCUT2D eigenvalue weighted by atomic mass is 35.5. The zero-order chi connectivity index (χ0) is 23.2. The Morgan fingerprint density at radius 3 is 2.64 bits per heavy atom. The Bertz CT molecular complexity index is 1220. The summed E-state index contributed by atoms with van der Waals surface area (Å²) in [6.07, 6.45) is 4.43. The van der Waals surface area contributed by atoms with Crippen molar-refractivity contribution in [1.29, 1.82) is 0 Å². The van der Waals surface area contributed by atoms with E-state index in [0.29, 0.717) is 27.1 Å². The fourth-order valence-corrected chi connectivity index (χ4v) is 5.55. The van der Waals surface area contributed by atoms with Gasteiger partial charge >= 0.3 is 5.97 Å². The standard InChI is InChI=1S/C25H24Cl2N4O2/c1-33-24(32)21-23(29-14-19(30-21)17-7-4-8-18(26)20(17)27)31-11-9-25(10-12-31)13-15-5-2-3-6-16(15)22(25)28/h2-8,14,22H,9-13,28H2,1H3/t22-/m1/s1. The minimum absolute atomic E-state index is 0.0226. The molecule has 0 amide bonds. The normalized spacial score (nSPS) is 18.9. The van der Waals surface area contributed by atoms with Gasteiger partial charge in [-0.2, -0.15) is 0 Å². The third-order valence-corrected chi connectivity index (χ3v) is 7.83. The number of nitrogens with two attached hydrogens (primary N) is 1. The van der Waals surface area contributed by atoms with Crippen molar-refractivity contribution in [3.63, 3.8) is 0 Å². The molecule has 1 aliphatic heterocycles. The van der Waals surface area contributed by atoms with Crippen LogP contribution in [0.5, 0.6) is 0 Å². The summed E-state index contributed by atoms with van der Waals surface area (Å²) >= 11 is 12.5. The van der Waals surface area contributed by atoms with Crippen molar-refractivity contribution in [2.24, 2.45) is 11.1 Å². The zero-order valence-electron chi connectivity index (χ0n) is 18.2. The number of methoxy groups -OCH3 is 1. The maximum absolute atomic E-state index is 12.6. The highest BCUT2D eigenvalue weighted by Crippen LogP contribution is 2.51. The summed E-state index contributed by atoms with van der Waals surface area (Å²) in [6, 6.07) is 13.7. The summed E-state index contributed by atoms with van der Waals surface area (Å²) in [7, 11) is 1.34. The Hall–Kier alpha value is -2.67. The number of nitrogens with zero attached hydrogens (tertiary/aromatic N) is 3. The van der Waals surface area contributed by atoms with Crippen molar-refractivity contribution in [1.82, 2.24) is 9.97 Å². The van der Waals surface area contributed by atoms with E-state index in [2.05, 4.69) is 39.1 Å². The number of piperidine rings is 1. The second kappa shape index (κ2) is 8.60. The summed E-state index contributed by atoms with van der Waals surface area (Å²) < 4.78 is 5.02. The van der Waals surface area contributed by atoms with Gasteiger partial charge in [0.25, 0.3) is 0 Å². The first-order valence-corrected chi connectivity index (χ1v) is 11.7. The lowest BCUT2D eigenvalue weighted by Crippen LogP contribution is -2.45. The van der Waals surface area contributed by atoms with Gasteiger partial charge in [-0.3, -0.25) is 0 Å². The average molecular weight is 483 g/mol. The number of benzene rings is 2. The molecule has 2 aliphatic rings. The van der Waals surface area contributed by atoms with E-state index in [0.717, 1.165) is 32.4 Å². The molecule has 1 aromatic heterocycles. The Kier molecular flexibility index (Phi) is 5.77. The quantitative estimate of drug-likeness (QED) is 0.524. The van der Waals surface area contributed by atoms with Crippen molar-refractivity contribution >= 4 is 35.0 Å². The van der Waals surface area contributed by atoms with E-state index in [1.54, 1.807) is 24.4 Å². The fourth-order valence-electron chi connectivity index (χ4n) is 5.15. The molecule has 1 spiro atoms. The average Bonchev–Trinajstić information content (AvgIpc) is 3.11. The number of esters is 1. The number of hydrogen-bond donors (Lipinski definition) is 1. The third kappa shape index (κ3) is 3.76. The van der Waals surface area contributed by atoms with Crippen LogP contribution in [0.3, 0.4) is 0 Å². The molecular weight excluding hydrogens is 459 g/mol. The van der Waals surface area contributed by atoms with Gasteiger partial charge in [0, 0.05) is 24.7 Å². The number of aromatic nitrogens is 2. The van der Waals surface area contributed by atoms with Gasteiger partial charge in [0.15, 0.2) is 11.5 Å². The van der Waals surface area contributed by atoms with E-state index in [1.807, 2.05) is 0 Å². The maximum atomic E-state index is 12.6. The molecule has 1 atom stereocenters. The SMILES string of the molecule is COC(=O)c1nc(-c2cccc(Cl)c2Cl)cnc1N1CCC2(CC1)Cc1ccccc1[C@H]2N. The number of fused-ring (bicyclic) bond motifs is 1. The van der Waals surface area contributed by atoms with Crippen LogP contribution in [-0.4, -0.2) is 36.1 Å². The molecule has 8 heteroatoms. The largest absolute Gasteiger partial charge is 0.464 e.